The number of nitrogens with one attached hydrogen (secondary N) is 1. The Labute approximate surface area is 214 Å². The number of ketones is 1. The van der Waals surface area contributed by atoms with E-state index in [2.05, 4.69) is 30.5 Å². The molecule has 0 aliphatic heterocycles. The van der Waals surface area contributed by atoms with Crippen LogP contribution in [0.25, 0.3) is 28.1 Å². The number of fused-ring (bicyclic) bond motifs is 1. The fourth-order valence-corrected chi connectivity index (χ4v) is 3.93. The molecule has 4 aromatic heterocycles. The Morgan fingerprint density at radius 1 is 1.03 bits per heavy atom. The second kappa shape index (κ2) is 9.54. The van der Waals surface area contributed by atoms with Crippen LogP contribution in [0.3, 0.4) is 0 Å². The molecule has 192 valence electrons. The maximum Gasteiger partial charge on any atom is 0.417 e. The summed E-state index contributed by atoms with van der Waals surface area (Å²) in [6.45, 7) is 3.11. The summed E-state index contributed by atoms with van der Waals surface area (Å²) in [6, 6.07) is 12.8. The van der Waals surface area contributed by atoms with Crippen LogP contribution in [0.1, 0.15) is 28.5 Å². The summed E-state index contributed by atoms with van der Waals surface area (Å²) in [5.74, 6) is 0.201. The van der Waals surface area contributed by atoms with Crippen LogP contribution in [-0.2, 0) is 6.18 Å². The molecule has 1 aromatic carbocycles. The molecular formula is C26H20F3N7O2. The van der Waals surface area contributed by atoms with Gasteiger partial charge >= 0.3 is 6.18 Å². The van der Waals surface area contributed by atoms with Gasteiger partial charge in [-0.15, -0.1) is 5.10 Å². The van der Waals surface area contributed by atoms with Crippen molar-refractivity contribution in [3.63, 3.8) is 0 Å². The summed E-state index contributed by atoms with van der Waals surface area (Å²) in [6.07, 6.45) is -2.21. The van der Waals surface area contributed by atoms with Crippen molar-refractivity contribution in [2.75, 3.05) is 12.4 Å². The molecule has 12 heteroatoms. The average molecular weight is 519 g/mol. The third-order valence-corrected chi connectivity index (χ3v) is 5.77. The van der Waals surface area contributed by atoms with Crippen LogP contribution in [-0.4, -0.2) is 42.6 Å². The monoisotopic (exact) mass is 519 g/mol. The van der Waals surface area contributed by atoms with E-state index in [9.17, 15) is 18.0 Å². The van der Waals surface area contributed by atoms with Gasteiger partial charge in [0.2, 0.25) is 5.88 Å². The number of carbonyl (C=O) groups is 1. The first-order valence-electron chi connectivity index (χ1n) is 11.3. The molecule has 38 heavy (non-hydrogen) atoms. The number of hydrogen-bond acceptors (Lipinski definition) is 8. The topological polar surface area (TPSA) is 108 Å². The fraction of sp³-hybridized carbons (Fsp3) is 0.154. The van der Waals surface area contributed by atoms with Crippen LogP contribution in [0.4, 0.5) is 24.7 Å². The number of carbonyl (C=O) groups excluding carboxylic acids is 1. The normalized spacial score (nSPS) is 11.5. The van der Waals surface area contributed by atoms with Gasteiger partial charge in [0.1, 0.15) is 12.1 Å². The van der Waals surface area contributed by atoms with Crippen molar-refractivity contribution in [2.45, 2.75) is 20.0 Å². The number of aryl methyl sites for hydroxylation is 1. The molecule has 0 bridgehead atoms. The number of nitrogens with zero attached hydrogens (tertiary/aromatic N) is 6. The van der Waals surface area contributed by atoms with Gasteiger partial charge in [-0.05, 0) is 56.3 Å². The van der Waals surface area contributed by atoms with E-state index in [0.29, 0.717) is 16.9 Å². The highest BCUT2D eigenvalue weighted by atomic mass is 19.4. The number of ether oxygens (including phenoxy) is 1. The van der Waals surface area contributed by atoms with Crippen LogP contribution in [0.15, 0.2) is 61.1 Å². The van der Waals surface area contributed by atoms with Crippen LogP contribution in [0, 0.1) is 6.92 Å². The Morgan fingerprint density at radius 2 is 1.84 bits per heavy atom. The van der Waals surface area contributed by atoms with E-state index < -0.39 is 17.5 Å². The van der Waals surface area contributed by atoms with E-state index in [1.807, 2.05) is 19.1 Å². The molecule has 0 fully saturated rings. The number of methoxy groups -OCH3 is 1. The Morgan fingerprint density at radius 3 is 2.53 bits per heavy atom. The molecule has 1 N–H and O–H groups in total. The van der Waals surface area contributed by atoms with E-state index in [0.717, 1.165) is 23.6 Å². The number of hydrogen-bond donors (Lipinski definition) is 1. The largest absolute Gasteiger partial charge is 0.481 e. The minimum Gasteiger partial charge on any atom is -0.481 e. The Balaban J connectivity index is 1.59. The van der Waals surface area contributed by atoms with Crippen molar-refractivity contribution in [1.29, 1.82) is 0 Å². The Bertz CT molecular complexity index is 1660. The average Bonchev–Trinajstić information content (AvgIpc) is 3.32. The van der Waals surface area contributed by atoms with Crippen molar-refractivity contribution in [2.24, 2.45) is 0 Å². The fourth-order valence-electron chi connectivity index (χ4n) is 3.93. The summed E-state index contributed by atoms with van der Waals surface area (Å²) in [5, 5.41) is 11.3. The maximum absolute atomic E-state index is 14.0. The predicted octanol–water partition coefficient (Wildman–Crippen LogP) is 5.55. The zero-order valence-corrected chi connectivity index (χ0v) is 20.4. The number of imidazole rings is 1. The molecule has 5 rings (SSSR count). The number of Topliss-reactive ketones (excluding diaryl/α,β-unsaturated/α-hetero) is 1. The zero-order chi connectivity index (χ0) is 27.0. The minimum atomic E-state index is -4.73. The van der Waals surface area contributed by atoms with E-state index in [-0.39, 0.29) is 28.5 Å². The molecular weight excluding hydrogens is 499 g/mol. The highest BCUT2D eigenvalue weighted by molar-refractivity contribution is 6.00. The summed E-state index contributed by atoms with van der Waals surface area (Å²) in [4.78, 5) is 25.2. The van der Waals surface area contributed by atoms with Crippen molar-refractivity contribution >= 4 is 28.3 Å². The van der Waals surface area contributed by atoms with Gasteiger partial charge < -0.3 is 10.1 Å². The molecule has 0 aliphatic carbocycles. The van der Waals surface area contributed by atoms with Gasteiger partial charge in [0.15, 0.2) is 11.6 Å². The second-order valence-corrected chi connectivity index (χ2v) is 8.39. The van der Waals surface area contributed by atoms with Gasteiger partial charge in [0.05, 0.1) is 35.1 Å². The highest BCUT2D eigenvalue weighted by Gasteiger charge is 2.36. The standard InChI is InChI=1S/C26H20F3N7O2/c1-14-4-8-22(35-34-14)32-16-5-7-21-20(10-16)31-13-36(21)23-9-6-17(15(2)37)25(33-23)18-12-30-24(38-3)11-19(18)26(27,28)29/h4-13H,1-3H3,(H,32,35). The summed E-state index contributed by atoms with van der Waals surface area (Å²) in [5.41, 5.74) is 1.32. The predicted molar refractivity (Wildman–Crippen MR) is 134 cm³/mol. The minimum absolute atomic E-state index is 0.0290. The van der Waals surface area contributed by atoms with E-state index in [4.69, 9.17) is 4.74 Å². The number of benzene rings is 1. The van der Waals surface area contributed by atoms with Gasteiger partial charge in [-0.3, -0.25) is 9.36 Å². The molecule has 0 amide bonds. The van der Waals surface area contributed by atoms with E-state index in [1.54, 1.807) is 28.8 Å². The van der Waals surface area contributed by atoms with Crippen LogP contribution in [0.5, 0.6) is 5.88 Å². The number of halogens is 3. The first kappa shape index (κ1) is 24.8. The van der Waals surface area contributed by atoms with Gasteiger partial charge in [-0.25, -0.2) is 15.0 Å². The lowest BCUT2D eigenvalue weighted by atomic mass is 10.00. The summed E-state index contributed by atoms with van der Waals surface area (Å²) in [7, 11) is 1.22. The van der Waals surface area contributed by atoms with Crippen LogP contribution in [0.2, 0.25) is 0 Å². The van der Waals surface area contributed by atoms with Crippen LogP contribution < -0.4 is 10.1 Å². The first-order valence-corrected chi connectivity index (χ1v) is 11.3. The Hall–Kier alpha value is -4.87. The highest BCUT2D eigenvalue weighted by Crippen LogP contribution is 2.39. The van der Waals surface area contributed by atoms with E-state index >= 15 is 0 Å². The van der Waals surface area contributed by atoms with Crippen molar-refractivity contribution in [3.05, 3.63) is 77.9 Å². The molecule has 0 radical (unpaired) electrons. The molecule has 0 unspecified atom stereocenters. The van der Waals surface area contributed by atoms with Gasteiger partial charge in [-0.1, -0.05) is 0 Å². The molecule has 0 spiro atoms. The quantitative estimate of drug-likeness (QED) is 0.291. The summed E-state index contributed by atoms with van der Waals surface area (Å²) < 4.78 is 48.4. The number of aromatic nitrogens is 6. The molecule has 0 aliphatic rings. The van der Waals surface area contributed by atoms with Gasteiger partial charge in [-0.2, -0.15) is 18.3 Å². The lowest BCUT2D eigenvalue weighted by Gasteiger charge is -2.16. The number of rotatable bonds is 6. The SMILES string of the molecule is COc1cc(C(F)(F)F)c(-c2nc(-n3cnc4cc(Nc5ccc(C)nn5)ccc43)ccc2C(C)=O)cn1. The zero-order valence-electron chi connectivity index (χ0n) is 20.4. The number of anilines is 2. The molecule has 0 saturated heterocycles. The maximum atomic E-state index is 14.0. The molecule has 0 saturated carbocycles. The van der Waals surface area contributed by atoms with Crippen LogP contribution >= 0.6 is 0 Å². The smallest absolute Gasteiger partial charge is 0.417 e. The molecule has 0 atom stereocenters. The lowest BCUT2D eigenvalue weighted by molar-refractivity contribution is -0.137. The summed E-state index contributed by atoms with van der Waals surface area (Å²) >= 11 is 0. The van der Waals surface area contributed by atoms with Gasteiger partial charge in [0.25, 0.3) is 0 Å². The second-order valence-electron chi connectivity index (χ2n) is 8.39. The molecule has 4 heterocycles. The molecule has 5 aromatic rings. The van der Waals surface area contributed by atoms with Crippen molar-refractivity contribution < 1.29 is 22.7 Å². The van der Waals surface area contributed by atoms with Crippen molar-refractivity contribution in [3.8, 4) is 23.0 Å². The number of alkyl halides is 3. The third-order valence-electron chi connectivity index (χ3n) is 5.77. The first-order chi connectivity index (χ1) is 18.1. The molecule has 9 nitrogen and oxygen atoms in total. The Kier molecular flexibility index (Phi) is 6.23. The van der Waals surface area contributed by atoms with Crippen molar-refractivity contribution in [1.82, 2.24) is 29.7 Å². The third kappa shape index (κ3) is 4.75. The lowest BCUT2D eigenvalue weighted by Crippen LogP contribution is -2.11. The van der Waals surface area contributed by atoms with Gasteiger partial charge in [0, 0.05) is 29.1 Å². The number of pyridine rings is 2. The van der Waals surface area contributed by atoms with E-state index in [1.165, 1.54) is 26.4 Å².